The lowest BCUT2D eigenvalue weighted by Crippen LogP contribution is -2.37. The van der Waals surface area contributed by atoms with Crippen molar-refractivity contribution in [3.63, 3.8) is 0 Å². The third kappa shape index (κ3) is 2.53. The van der Waals surface area contributed by atoms with Crippen LogP contribution in [0.15, 0.2) is 12.1 Å². The van der Waals surface area contributed by atoms with Crippen molar-refractivity contribution < 1.29 is 18.7 Å². The molecule has 1 aliphatic rings. The molecule has 0 bridgehead atoms. The quantitative estimate of drug-likeness (QED) is 0.677. The van der Waals surface area contributed by atoms with Crippen molar-refractivity contribution in [3.8, 4) is 0 Å². The number of halogens is 1. The van der Waals surface area contributed by atoms with Crippen LogP contribution in [0, 0.1) is 25.1 Å². The maximum Gasteiger partial charge on any atom is 0.321 e. The predicted octanol–water partition coefficient (Wildman–Crippen LogP) is 2.01. The third-order valence-corrected chi connectivity index (χ3v) is 3.71. The molecule has 1 amide bonds. The Kier molecular flexibility index (Phi) is 3.79. The van der Waals surface area contributed by atoms with E-state index in [0.29, 0.717) is 24.0 Å². The van der Waals surface area contributed by atoms with Gasteiger partial charge in [0.05, 0.1) is 7.11 Å². The molecule has 0 aliphatic heterocycles. The lowest BCUT2D eigenvalue weighted by molar-refractivity contribution is -0.152. The Morgan fingerprint density at radius 1 is 1.30 bits per heavy atom. The van der Waals surface area contributed by atoms with Crippen molar-refractivity contribution in [1.29, 1.82) is 0 Å². The molecule has 0 aromatic heterocycles. The van der Waals surface area contributed by atoms with Gasteiger partial charge in [0.1, 0.15) is 11.2 Å². The van der Waals surface area contributed by atoms with E-state index in [1.807, 2.05) is 0 Å². The summed E-state index contributed by atoms with van der Waals surface area (Å²) in [7, 11) is 1.28. The summed E-state index contributed by atoms with van der Waals surface area (Å²) in [6, 6.07) is 3.39. The third-order valence-electron chi connectivity index (χ3n) is 3.71. The van der Waals surface area contributed by atoms with Crippen molar-refractivity contribution in [1.82, 2.24) is 5.32 Å². The predicted molar refractivity (Wildman–Crippen MR) is 71.4 cm³/mol. The fourth-order valence-electron chi connectivity index (χ4n) is 2.33. The summed E-state index contributed by atoms with van der Waals surface area (Å²) in [5.74, 6) is -1.03. The first-order chi connectivity index (χ1) is 9.40. The van der Waals surface area contributed by atoms with E-state index in [9.17, 15) is 14.0 Å². The summed E-state index contributed by atoms with van der Waals surface area (Å²) < 4.78 is 18.2. The van der Waals surface area contributed by atoms with Crippen LogP contribution in [0.1, 0.15) is 29.5 Å². The maximum atomic E-state index is 13.5. The minimum atomic E-state index is -1.00. The number of aryl methyl sites for hydroxylation is 2. The standard InChI is InChI=1S/C15H18FNO3/c1-9-6-11(7-10(2)12(9)16)8-17-13(18)15(4-5-15)14(19)20-3/h6-7H,4-5,8H2,1-3H3,(H,17,18). The molecule has 2 rings (SSSR count). The Balaban J connectivity index is 2.03. The summed E-state index contributed by atoms with van der Waals surface area (Å²) in [4.78, 5) is 23.6. The van der Waals surface area contributed by atoms with Gasteiger partial charge in [-0.05, 0) is 43.4 Å². The molecule has 0 spiro atoms. The number of carbonyl (C=O) groups excluding carboxylic acids is 2. The minimum absolute atomic E-state index is 0.228. The molecule has 1 aromatic rings. The molecule has 1 fully saturated rings. The Bertz CT molecular complexity index is 541. The fraction of sp³-hybridized carbons (Fsp3) is 0.467. The number of methoxy groups -OCH3 is 1. The molecule has 1 aromatic carbocycles. The number of benzene rings is 1. The molecule has 20 heavy (non-hydrogen) atoms. The van der Waals surface area contributed by atoms with Gasteiger partial charge >= 0.3 is 5.97 Å². The zero-order valence-corrected chi connectivity index (χ0v) is 11.9. The van der Waals surface area contributed by atoms with Gasteiger partial charge in [-0.15, -0.1) is 0 Å². The molecule has 1 aliphatic carbocycles. The van der Waals surface area contributed by atoms with Gasteiger partial charge < -0.3 is 10.1 Å². The smallest absolute Gasteiger partial charge is 0.321 e. The second-order valence-electron chi connectivity index (χ2n) is 5.30. The van der Waals surface area contributed by atoms with Crippen molar-refractivity contribution in [2.24, 2.45) is 5.41 Å². The molecule has 108 valence electrons. The summed E-state index contributed by atoms with van der Waals surface area (Å²) in [6.45, 7) is 3.65. The molecule has 4 nitrogen and oxygen atoms in total. The summed E-state index contributed by atoms with van der Waals surface area (Å²) in [5.41, 5.74) is 0.904. The van der Waals surface area contributed by atoms with Crippen LogP contribution >= 0.6 is 0 Å². The number of rotatable bonds is 4. The summed E-state index contributed by atoms with van der Waals surface area (Å²) in [5, 5.41) is 2.73. The van der Waals surface area contributed by atoms with Gasteiger partial charge in [-0.2, -0.15) is 0 Å². The first-order valence-corrected chi connectivity index (χ1v) is 6.53. The van der Waals surface area contributed by atoms with E-state index in [2.05, 4.69) is 10.1 Å². The van der Waals surface area contributed by atoms with Gasteiger partial charge in [-0.25, -0.2) is 4.39 Å². The van der Waals surface area contributed by atoms with Crippen LogP contribution in [0.25, 0.3) is 0 Å². The summed E-state index contributed by atoms with van der Waals surface area (Å²) in [6.07, 6.45) is 1.04. The van der Waals surface area contributed by atoms with E-state index in [1.165, 1.54) is 7.11 Å². The van der Waals surface area contributed by atoms with E-state index >= 15 is 0 Å². The fourth-order valence-corrected chi connectivity index (χ4v) is 2.33. The molecular weight excluding hydrogens is 261 g/mol. The lowest BCUT2D eigenvalue weighted by atomic mass is 10.0. The Morgan fingerprint density at radius 2 is 1.85 bits per heavy atom. The molecule has 0 saturated heterocycles. The molecular formula is C15H18FNO3. The highest BCUT2D eigenvalue weighted by molar-refractivity contribution is 6.05. The monoisotopic (exact) mass is 279 g/mol. The van der Waals surface area contributed by atoms with E-state index in [0.717, 1.165) is 5.56 Å². The number of esters is 1. The Hall–Kier alpha value is -1.91. The zero-order chi connectivity index (χ0) is 14.9. The van der Waals surface area contributed by atoms with Crippen molar-refractivity contribution >= 4 is 11.9 Å². The van der Waals surface area contributed by atoms with Crippen LogP contribution in [0.4, 0.5) is 4.39 Å². The van der Waals surface area contributed by atoms with E-state index in [-0.39, 0.29) is 18.3 Å². The van der Waals surface area contributed by atoms with Crippen molar-refractivity contribution in [3.05, 3.63) is 34.6 Å². The largest absolute Gasteiger partial charge is 0.468 e. The van der Waals surface area contributed by atoms with Gasteiger partial charge in [0.25, 0.3) is 0 Å². The Morgan fingerprint density at radius 3 is 2.30 bits per heavy atom. The van der Waals surface area contributed by atoms with Crippen molar-refractivity contribution in [2.75, 3.05) is 7.11 Å². The lowest BCUT2D eigenvalue weighted by Gasteiger charge is -2.13. The average molecular weight is 279 g/mol. The molecule has 5 heteroatoms. The van der Waals surface area contributed by atoms with Crippen LogP contribution < -0.4 is 5.32 Å². The number of amides is 1. The van der Waals surface area contributed by atoms with Crippen LogP contribution in [0.2, 0.25) is 0 Å². The van der Waals surface area contributed by atoms with Crippen LogP contribution in [-0.2, 0) is 20.9 Å². The van der Waals surface area contributed by atoms with Gasteiger partial charge in [-0.1, -0.05) is 12.1 Å². The normalized spacial score (nSPS) is 15.6. The van der Waals surface area contributed by atoms with Gasteiger partial charge in [0.2, 0.25) is 5.91 Å². The second-order valence-corrected chi connectivity index (χ2v) is 5.30. The van der Waals surface area contributed by atoms with Gasteiger partial charge in [0, 0.05) is 6.54 Å². The number of carbonyl (C=O) groups is 2. The van der Waals surface area contributed by atoms with Crippen molar-refractivity contribution in [2.45, 2.75) is 33.2 Å². The highest BCUT2D eigenvalue weighted by Crippen LogP contribution is 2.46. The first-order valence-electron chi connectivity index (χ1n) is 6.53. The van der Waals surface area contributed by atoms with Gasteiger partial charge in [-0.3, -0.25) is 9.59 Å². The number of hydrogen-bond acceptors (Lipinski definition) is 3. The zero-order valence-electron chi connectivity index (χ0n) is 11.9. The minimum Gasteiger partial charge on any atom is -0.468 e. The number of hydrogen-bond donors (Lipinski definition) is 1. The number of nitrogens with one attached hydrogen (secondary N) is 1. The van der Waals surface area contributed by atoms with Crippen LogP contribution in [0.5, 0.6) is 0 Å². The SMILES string of the molecule is COC(=O)C1(C(=O)NCc2cc(C)c(F)c(C)c2)CC1. The molecule has 0 unspecified atom stereocenters. The highest BCUT2D eigenvalue weighted by Gasteiger charge is 2.57. The first kappa shape index (κ1) is 14.5. The maximum absolute atomic E-state index is 13.5. The van der Waals surface area contributed by atoms with E-state index in [4.69, 9.17) is 0 Å². The molecule has 0 heterocycles. The molecule has 1 saturated carbocycles. The molecule has 0 radical (unpaired) electrons. The molecule has 1 N–H and O–H groups in total. The van der Waals surface area contributed by atoms with Gasteiger partial charge in [0.15, 0.2) is 0 Å². The van der Waals surface area contributed by atoms with E-state index in [1.54, 1.807) is 26.0 Å². The topological polar surface area (TPSA) is 55.4 Å². The highest BCUT2D eigenvalue weighted by atomic mass is 19.1. The van der Waals surface area contributed by atoms with Crippen LogP contribution in [0.3, 0.4) is 0 Å². The van der Waals surface area contributed by atoms with Crippen LogP contribution in [-0.4, -0.2) is 19.0 Å². The Labute approximate surface area is 117 Å². The average Bonchev–Trinajstić information content (AvgIpc) is 3.22. The number of ether oxygens (including phenoxy) is 1. The molecule has 0 atom stereocenters. The summed E-state index contributed by atoms with van der Waals surface area (Å²) >= 11 is 0. The second kappa shape index (κ2) is 5.23. The van der Waals surface area contributed by atoms with E-state index < -0.39 is 11.4 Å².